The monoisotopic (exact) mass is 288 g/mol. The van der Waals surface area contributed by atoms with Crippen molar-refractivity contribution in [3.05, 3.63) is 22.9 Å². The van der Waals surface area contributed by atoms with Crippen LogP contribution in [0.2, 0.25) is 0 Å². The van der Waals surface area contributed by atoms with Crippen molar-refractivity contribution in [2.45, 2.75) is 32.1 Å². The first-order valence-corrected chi connectivity index (χ1v) is 7.81. The minimum Gasteiger partial charge on any atom is -0.384 e. The summed E-state index contributed by atoms with van der Waals surface area (Å²) in [7, 11) is 2.00. The van der Waals surface area contributed by atoms with Crippen LogP contribution in [0.25, 0.3) is 0 Å². The van der Waals surface area contributed by atoms with E-state index in [4.69, 9.17) is 20.9 Å². The molecule has 1 aromatic heterocycles. The van der Waals surface area contributed by atoms with E-state index in [1.54, 1.807) is 0 Å². The molecule has 0 atom stereocenters. The number of nitrogen functional groups attached to an aromatic ring is 1. The van der Waals surface area contributed by atoms with Gasteiger partial charge in [-0.25, -0.2) is 4.98 Å². The average Bonchev–Trinajstić information content (AvgIpc) is 3.17. The Morgan fingerprint density at radius 2 is 2.29 bits per heavy atom. The Bertz CT molecular complexity index is 539. The molecule has 3 rings (SSSR count). The molecule has 0 saturated heterocycles. The number of aryl methyl sites for hydroxylation is 2. The molecule has 2 aliphatic carbocycles. The van der Waals surface area contributed by atoms with Crippen molar-refractivity contribution in [2.24, 2.45) is 11.7 Å². The van der Waals surface area contributed by atoms with E-state index in [-0.39, 0.29) is 5.84 Å². The van der Waals surface area contributed by atoms with Crippen molar-refractivity contribution in [1.29, 1.82) is 5.41 Å². The van der Waals surface area contributed by atoms with Gasteiger partial charge >= 0.3 is 0 Å². The van der Waals surface area contributed by atoms with Crippen molar-refractivity contribution in [2.75, 3.05) is 31.7 Å². The van der Waals surface area contributed by atoms with E-state index in [1.165, 1.54) is 24.1 Å². The second-order valence-corrected chi connectivity index (χ2v) is 6.17. The van der Waals surface area contributed by atoms with Gasteiger partial charge in [-0.05, 0) is 49.7 Å². The van der Waals surface area contributed by atoms with E-state index in [0.717, 1.165) is 49.7 Å². The van der Waals surface area contributed by atoms with Gasteiger partial charge in [0.1, 0.15) is 11.7 Å². The third-order valence-corrected chi connectivity index (χ3v) is 4.30. The zero-order valence-electron chi connectivity index (χ0n) is 12.7. The van der Waals surface area contributed by atoms with Crippen LogP contribution in [0.15, 0.2) is 6.07 Å². The van der Waals surface area contributed by atoms with Crippen LogP contribution in [-0.4, -0.2) is 37.6 Å². The number of likely N-dealkylation sites (N-methyl/N-ethyl adjacent to an activating group) is 1. The third-order valence-electron chi connectivity index (χ3n) is 4.30. The Balaban J connectivity index is 1.68. The van der Waals surface area contributed by atoms with Crippen LogP contribution < -0.4 is 10.6 Å². The third kappa shape index (κ3) is 3.35. The first kappa shape index (κ1) is 14.3. The summed E-state index contributed by atoms with van der Waals surface area (Å²) in [5.74, 6) is 1.71. The molecule has 1 heterocycles. The van der Waals surface area contributed by atoms with E-state index >= 15 is 0 Å². The summed E-state index contributed by atoms with van der Waals surface area (Å²) in [6.45, 7) is 2.35. The number of hydrogen-bond donors (Lipinski definition) is 2. The van der Waals surface area contributed by atoms with E-state index in [9.17, 15) is 0 Å². The summed E-state index contributed by atoms with van der Waals surface area (Å²) in [6.07, 6.45) is 5.87. The van der Waals surface area contributed by atoms with Crippen LogP contribution in [-0.2, 0) is 17.6 Å². The average molecular weight is 288 g/mol. The van der Waals surface area contributed by atoms with Gasteiger partial charge in [0, 0.05) is 25.9 Å². The van der Waals surface area contributed by atoms with Gasteiger partial charge in [-0.2, -0.15) is 0 Å². The lowest BCUT2D eigenvalue weighted by molar-refractivity contribution is 0.131. The largest absolute Gasteiger partial charge is 0.384 e. The Morgan fingerprint density at radius 3 is 3.00 bits per heavy atom. The van der Waals surface area contributed by atoms with Crippen molar-refractivity contribution < 1.29 is 4.74 Å². The van der Waals surface area contributed by atoms with Crippen molar-refractivity contribution in [3.63, 3.8) is 0 Å². The summed E-state index contributed by atoms with van der Waals surface area (Å²) in [4.78, 5) is 6.81. The number of anilines is 1. The maximum Gasteiger partial charge on any atom is 0.139 e. The Hall–Kier alpha value is -1.62. The number of nitrogens with one attached hydrogen (secondary N) is 1. The highest BCUT2D eigenvalue weighted by atomic mass is 16.5. The van der Waals surface area contributed by atoms with Crippen molar-refractivity contribution >= 4 is 11.7 Å². The number of pyridine rings is 1. The molecule has 0 amide bonds. The van der Waals surface area contributed by atoms with Crippen LogP contribution >= 0.6 is 0 Å². The van der Waals surface area contributed by atoms with Gasteiger partial charge in [0.25, 0.3) is 0 Å². The Morgan fingerprint density at radius 1 is 1.48 bits per heavy atom. The highest BCUT2D eigenvalue weighted by Gasteiger charge is 2.22. The number of rotatable bonds is 7. The predicted molar refractivity (Wildman–Crippen MR) is 84.1 cm³/mol. The van der Waals surface area contributed by atoms with Crippen LogP contribution in [0, 0.1) is 11.3 Å². The van der Waals surface area contributed by atoms with Gasteiger partial charge in [-0.3, -0.25) is 5.41 Å². The summed E-state index contributed by atoms with van der Waals surface area (Å²) in [6, 6.07) is 2.05. The first-order valence-electron chi connectivity index (χ1n) is 7.81. The maximum absolute atomic E-state index is 7.79. The molecular formula is C16H24N4O. The number of hydrogen-bond acceptors (Lipinski definition) is 4. The fraction of sp³-hybridized carbons (Fsp3) is 0.625. The van der Waals surface area contributed by atoms with Crippen LogP contribution in [0.1, 0.15) is 36.1 Å². The van der Waals surface area contributed by atoms with E-state index in [1.807, 2.05) is 7.05 Å². The Labute approximate surface area is 126 Å². The lowest BCUT2D eigenvalue weighted by Crippen LogP contribution is -2.27. The second-order valence-electron chi connectivity index (χ2n) is 6.17. The lowest BCUT2D eigenvalue weighted by Gasteiger charge is -2.22. The molecule has 0 radical (unpaired) electrons. The fourth-order valence-corrected chi connectivity index (χ4v) is 2.79. The highest BCUT2D eigenvalue weighted by molar-refractivity contribution is 5.99. The van der Waals surface area contributed by atoms with E-state index < -0.39 is 0 Å². The van der Waals surface area contributed by atoms with Crippen LogP contribution in [0.3, 0.4) is 0 Å². The molecule has 5 heteroatoms. The van der Waals surface area contributed by atoms with Gasteiger partial charge < -0.3 is 15.4 Å². The minimum atomic E-state index is 0.0953. The van der Waals surface area contributed by atoms with Gasteiger partial charge in [-0.15, -0.1) is 0 Å². The van der Waals surface area contributed by atoms with Crippen LogP contribution in [0.5, 0.6) is 0 Å². The summed E-state index contributed by atoms with van der Waals surface area (Å²) < 4.78 is 5.69. The smallest absolute Gasteiger partial charge is 0.139 e. The normalized spacial score (nSPS) is 16.8. The highest BCUT2D eigenvalue weighted by Crippen LogP contribution is 2.29. The van der Waals surface area contributed by atoms with Crippen molar-refractivity contribution in [3.8, 4) is 0 Å². The van der Waals surface area contributed by atoms with Gasteiger partial charge in [0.05, 0.1) is 12.2 Å². The topological polar surface area (TPSA) is 75.2 Å². The molecule has 0 aliphatic heterocycles. The molecule has 0 spiro atoms. The van der Waals surface area contributed by atoms with Gasteiger partial charge in [0.15, 0.2) is 0 Å². The maximum atomic E-state index is 7.79. The zero-order valence-corrected chi connectivity index (χ0v) is 12.7. The molecule has 3 N–H and O–H groups in total. The quantitative estimate of drug-likeness (QED) is 0.455. The standard InChI is InChI=1S/C16H24N4O/c1-20(7-8-21-10-11-5-6-11)16-13(15(17)18)9-12-3-2-4-14(12)19-16/h9,11H,2-8,10H2,1H3,(H3,17,18). The van der Waals surface area contributed by atoms with Crippen LogP contribution in [0.4, 0.5) is 5.82 Å². The SMILES string of the molecule is CN(CCOCC1CC1)c1nc2c(cc1C(=N)N)CCC2. The molecule has 114 valence electrons. The van der Waals surface area contributed by atoms with Gasteiger partial charge in [-0.1, -0.05) is 0 Å². The van der Waals surface area contributed by atoms with Gasteiger partial charge in [0.2, 0.25) is 0 Å². The number of nitrogens with zero attached hydrogens (tertiary/aromatic N) is 2. The number of fused-ring (bicyclic) bond motifs is 1. The van der Waals surface area contributed by atoms with E-state index in [0.29, 0.717) is 6.61 Å². The zero-order chi connectivity index (χ0) is 14.8. The fourth-order valence-electron chi connectivity index (χ4n) is 2.79. The molecule has 0 unspecified atom stereocenters. The Kier molecular flexibility index (Phi) is 4.10. The predicted octanol–water partition coefficient (Wildman–Crippen LogP) is 1.72. The minimum absolute atomic E-state index is 0.0953. The molecule has 0 bridgehead atoms. The number of ether oxygens (including phenoxy) is 1. The number of amidine groups is 1. The molecule has 1 aromatic rings. The summed E-state index contributed by atoms with van der Waals surface area (Å²) in [5, 5.41) is 7.79. The molecule has 1 fully saturated rings. The first-order chi connectivity index (χ1) is 10.1. The number of aromatic nitrogens is 1. The summed E-state index contributed by atoms with van der Waals surface area (Å²) >= 11 is 0. The van der Waals surface area contributed by atoms with E-state index in [2.05, 4.69) is 11.0 Å². The van der Waals surface area contributed by atoms with Crippen molar-refractivity contribution in [1.82, 2.24) is 4.98 Å². The molecule has 5 nitrogen and oxygen atoms in total. The molecular weight excluding hydrogens is 264 g/mol. The molecule has 2 aliphatic rings. The molecule has 21 heavy (non-hydrogen) atoms. The summed E-state index contributed by atoms with van der Waals surface area (Å²) in [5.41, 5.74) is 8.90. The lowest BCUT2D eigenvalue weighted by atomic mass is 10.1. The molecule has 0 aromatic carbocycles. The second kappa shape index (κ2) is 6.02. The number of nitrogens with two attached hydrogens (primary N) is 1. The molecule has 1 saturated carbocycles.